The predicted octanol–water partition coefficient (Wildman–Crippen LogP) is 3.68. The average molecular weight is 335 g/mol. The molecule has 1 atom stereocenters. The summed E-state index contributed by atoms with van der Waals surface area (Å²) < 4.78 is 0. The van der Waals surface area contributed by atoms with Crippen molar-refractivity contribution in [3.05, 3.63) is 21.4 Å². The van der Waals surface area contributed by atoms with E-state index in [0.29, 0.717) is 5.41 Å². The van der Waals surface area contributed by atoms with Crippen molar-refractivity contribution in [3.63, 3.8) is 0 Å². The van der Waals surface area contributed by atoms with E-state index < -0.39 is 0 Å². The van der Waals surface area contributed by atoms with Gasteiger partial charge < -0.3 is 9.80 Å². The molecule has 0 N–H and O–H groups in total. The zero-order chi connectivity index (χ0) is 16.6. The van der Waals surface area contributed by atoms with E-state index in [9.17, 15) is 4.79 Å². The summed E-state index contributed by atoms with van der Waals surface area (Å²) in [6, 6.07) is 2.20. The van der Waals surface area contributed by atoms with E-state index in [1.165, 1.54) is 16.9 Å². The molecule has 0 saturated carbocycles. The number of rotatable bonds is 1. The first-order valence-corrected chi connectivity index (χ1v) is 9.75. The molecule has 0 radical (unpaired) electrons. The molecular weight excluding hydrogens is 304 g/mol. The van der Waals surface area contributed by atoms with Crippen LogP contribution in [0.25, 0.3) is 0 Å². The lowest BCUT2D eigenvalue weighted by Crippen LogP contribution is -2.34. The summed E-state index contributed by atoms with van der Waals surface area (Å²) in [6.45, 7) is 10.9. The smallest absolute Gasteiger partial charge is 0.263 e. The summed E-state index contributed by atoms with van der Waals surface area (Å²) in [5.74, 6) is 0.992. The third kappa shape index (κ3) is 3.80. The Labute approximate surface area is 144 Å². The van der Waals surface area contributed by atoms with Crippen LogP contribution < -0.4 is 0 Å². The van der Waals surface area contributed by atoms with Gasteiger partial charge in [0.25, 0.3) is 5.91 Å². The van der Waals surface area contributed by atoms with Crippen LogP contribution >= 0.6 is 11.3 Å². The standard InChI is InChI=1S/C19H30N2OS/c1-19(2,3)15-6-7-16-14(12-15)13-17(23-16)18(22)21-9-5-8-20(4)10-11-21/h13,15H,5-12H2,1-4H3. The number of carbonyl (C=O) groups is 1. The van der Waals surface area contributed by atoms with Crippen molar-refractivity contribution in [2.75, 3.05) is 33.2 Å². The highest BCUT2D eigenvalue weighted by Gasteiger charge is 2.31. The number of hydrogen-bond donors (Lipinski definition) is 0. The minimum atomic E-state index is 0.256. The summed E-state index contributed by atoms with van der Waals surface area (Å²) in [5.41, 5.74) is 1.80. The summed E-state index contributed by atoms with van der Waals surface area (Å²) in [6.07, 6.45) is 4.64. The van der Waals surface area contributed by atoms with Crippen molar-refractivity contribution in [1.82, 2.24) is 9.80 Å². The van der Waals surface area contributed by atoms with Gasteiger partial charge in [-0.1, -0.05) is 20.8 Å². The lowest BCUT2D eigenvalue weighted by atomic mass is 9.72. The molecule has 23 heavy (non-hydrogen) atoms. The van der Waals surface area contributed by atoms with Gasteiger partial charge in [-0.3, -0.25) is 4.79 Å². The third-order valence-corrected chi connectivity index (χ3v) is 6.75. The van der Waals surface area contributed by atoms with Crippen LogP contribution in [0.1, 0.15) is 53.7 Å². The minimum absolute atomic E-state index is 0.256. The first-order chi connectivity index (χ1) is 10.8. The molecule has 0 bridgehead atoms. The predicted molar refractivity (Wildman–Crippen MR) is 97.3 cm³/mol. The number of aryl methyl sites for hydroxylation is 1. The van der Waals surface area contributed by atoms with Gasteiger partial charge >= 0.3 is 0 Å². The molecule has 0 aromatic carbocycles. The van der Waals surface area contributed by atoms with Crippen LogP contribution in [-0.2, 0) is 12.8 Å². The van der Waals surface area contributed by atoms with Crippen molar-refractivity contribution in [1.29, 1.82) is 0 Å². The van der Waals surface area contributed by atoms with Gasteiger partial charge in [0.1, 0.15) is 0 Å². The second-order valence-electron chi connectivity index (χ2n) is 8.31. The molecule has 1 unspecified atom stereocenters. The van der Waals surface area contributed by atoms with E-state index in [1.54, 1.807) is 11.3 Å². The van der Waals surface area contributed by atoms with E-state index in [-0.39, 0.29) is 5.91 Å². The van der Waals surface area contributed by atoms with E-state index in [4.69, 9.17) is 0 Å². The zero-order valence-electron chi connectivity index (χ0n) is 15.0. The van der Waals surface area contributed by atoms with E-state index >= 15 is 0 Å². The van der Waals surface area contributed by atoms with Crippen molar-refractivity contribution in [3.8, 4) is 0 Å². The van der Waals surface area contributed by atoms with Crippen LogP contribution in [0.15, 0.2) is 6.07 Å². The normalized spacial score (nSPS) is 23.5. The van der Waals surface area contributed by atoms with Crippen LogP contribution in [0.4, 0.5) is 0 Å². The zero-order valence-corrected chi connectivity index (χ0v) is 15.8. The van der Waals surface area contributed by atoms with Gasteiger partial charge in [-0.25, -0.2) is 0 Å². The second kappa shape index (κ2) is 6.56. The Kier molecular flexibility index (Phi) is 4.84. The molecule has 128 valence electrons. The van der Waals surface area contributed by atoms with Crippen molar-refractivity contribution >= 4 is 17.2 Å². The SMILES string of the molecule is CN1CCCN(C(=O)c2cc3c(s2)CCC(C(C)(C)C)C3)CC1. The van der Waals surface area contributed by atoms with Crippen molar-refractivity contribution in [2.45, 2.75) is 46.5 Å². The molecule has 1 aliphatic carbocycles. The number of thiophene rings is 1. The number of likely N-dealkylation sites (N-methyl/N-ethyl adjacent to an activating group) is 1. The molecule has 0 spiro atoms. The fourth-order valence-corrected chi connectivity index (χ4v) is 4.95. The molecule has 3 rings (SSSR count). The lowest BCUT2D eigenvalue weighted by Gasteiger charge is -2.33. The van der Waals surface area contributed by atoms with Crippen molar-refractivity contribution in [2.24, 2.45) is 11.3 Å². The highest BCUT2D eigenvalue weighted by Crippen LogP contribution is 2.40. The quantitative estimate of drug-likeness (QED) is 0.782. The van der Waals surface area contributed by atoms with Crippen LogP contribution in [0.5, 0.6) is 0 Å². The Balaban J connectivity index is 1.73. The monoisotopic (exact) mass is 334 g/mol. The Morgan fingerprint density at radius 2 is 2.00 bits per heavy atom. The molecule has 1 fully saturated rings. The Morgan fingerprint density at radius 3 is 2.74 bits per heavy atom. The Morgan fingerprint density at radius 1 is 1.22 bits per heavy atom. The maximum Gasteiger partial charge on any atom is 0.263 e. The largest absolute Gasteiger partial charge is 0.337 e. The fourth-order valence-electron chi connectivity index (χ4n) is 3.77. The number of hydrogen-bond acceptors (Lipinski definition) is 3. The van der Waals surface area contributed by atoms with Gasteiger partial charge in [-0.15, -0.1) is 11.3 Å². The van der Waals surface area contributed by atoms with Crippen LogP contribution in [0.2, 0.25) is 0 Å². The fraction of sp³-hybridized carbons (Fsp3) is 0.737. The molecule has 4 heteroatoms. The van der Waals surface area contributed by atoms with Crippen LogP contribution in [0.3, 0.4) is 0 Å². The molecule has 1 aromatic heterocycles. The number of nitrogens with zero attached hydrogens (tertiary/aromatic N) is 2. The van der Waals surface area contributed by atoms with Gasteiger partial charge in [0.05, 0.1) is 4.88 Å². The molecule has 1 aromatic rings. The molecule has 2 aliphatic rings. The maximum atomic E-state index is 12.9. The first-order valence-electron chi connectivity index (χ1n) is 8.94. The molecule has 1 aliphatic heterocycles. The summed E-state index contributed by atoms with van der Waals surface area (Å²) in [5, 5.41) is 0. The highest BCUT2D eigenvalue weighted by molar-refractivity contribution is 7.14. The van der Waals surface area contributed by atoms with E-state index in [0.717, 1.165) is 56.2 Å². The Hall–Kier alpha value is -0.870. The van der Waals surface area contributed by atoms with Gasteiger partial charge in [-0.2, -0.15) is 0 Å². The van der Waals surface area contributed by atoms with Crippen LogP contribution in [0, 0.1) is 11.3 Å². The number of amides is 1. The highest BCUT2D eigenvalue weighted by atomic mass is 32.1. The average Bonchev–Trinajstić information content (AvgIpc) is 2.80. The Bertz CT molecular complexity index is 572. The minimum Gasteiger partial charge on any atom is -0.337 e. The summed E-state index contributed by atoms with van der Waals surface area (Å²) in [4.78, 5) is 19.7. The van der Waals surface area contributed by atoms with Crippen LogP contribution in [-0.4, -0.2) is 48.9 Å². The summed E-state index contributed by atoms with van der Waals surface area (Å²) >= 11 is 1.75. The second-order valence-corrected chi connectivity index (χ2v) is 9.45. The lowest BCUT2D eigenvalue weighted by molar-refractivity contribution is 0.0767. The molecule has 3 nitrogen and oxygen atoms in total. The van der Waals surface area contributed by atoms with Gasteiger partial charge in [0, 0.05) is 24.5 Å². The van der Waals surface area contributed by atoms with E-state index in [1.807, 2.05) is 0 Å². The summed E-state index contributed by atoms with van der Waals surface area (Å²) in [7, 11) is 2.14. The molecular formula is C19H30N2OS. The first kappa shape index (κ1) is 17.0. The number of carbonyl (C=O) groups excluding carboxylic acids is 1. The van der Waals surface area contributed by atoms with Gasteiger partial charge in [0.15, 0.2) is 0 Å². The van der Waals surface area contributed by atoms with Gasteiger partial charge in [-0.05, 0) is 62.2 Å². The molecule has 2 heterocycles. The topological polar surface area (TPSA) is 23.6 Å². The van der Waals surface area contributed by atoms with Gasteiger partial charge in [0.2, 0.25) is 0 Å². The number of fused-ring (bicyclic) bond motifs is 1. The van der Waals surface area contributed by atoms with E-state index in [2.05, 4.69) is 43.7 Å². The molecule has 1 saturated heterocycles. The molecule has 1 amide bonds. The third-order valence-electron chi connectivity index (χ3n) is 5.53. The maximum absolute atomic E-state index is 12.9. The van der Waals surface area contributed by atoms with Crippen molar-refractivity contribution < 1.29 is 4.79 Å².